The van der Waals surface area contributed by atoms with E-state index in [1.807, 2.05) is 6.08 Å². The van der Waals surface area contributed by atoms with E-state index >= 15 is 0 Å². The van der Waals surface area contributed by atoms with Crippen molar-refractivity contribution in [1.82, 2.24) is 5.32 Å². The molecule has 1 aliphatic rings. The van der Waals surface area contributed by atoms with Crippen LogP contribution in [-0.4, -0.2) is 25.8 Å². The Morgan fingerprint density at radius 3 is 2.77 bits per heavy atom. The van der Waals surface area contributed by atoms with Crippen molar-refractivity contribution >= 4 is 0 Å². The SMILES string of the molecule is C=CCCNC1CC(OC)C1(C)C. The Hall–Kier alpha value is -0.340. The van der Waals surface area contributed by atoms with Crippen molar-refractivity contribution in [2.24, 2.45) is 5.41 Å². The first-order valence-electron chi connectivity index (χ1n) is 5.00. The Kier molecular flexibility index (Phi) is 3.51. The van der Waals surface area contributed by atoms with Crippen LogP contribution in [0.5, 0.6) is 0 Å². The fourth-order valence-corrected chi connectivity index (χ4v) is 1.99. The van der Waals surface area contributed by atoms with E-state index in [2.05, 4.69) is 25.7 Å². The van der Waals surface area contributed by atoms with E-state index in [9.17, 15) is 0 Å². The third-order valence-electron chi connectivity index (χ3n) is 3.20. The summed E-state index contributed by atoms with van der Waals surface area (Å²) in [6.45, 7) is 9.26. The zero-order valence-electron chi connectivity index (χ0n) is 8.97. The molecule has 0 amide bonds. The fraction of sp³-hybridized carbons (Fsp3) is 0.818. The van der Waals surface area contributed by atoms with Crippen molar-refractivity contribution < 1.29 is 4.74 Å². The third kappa shape index (κ3) is 2.12. The minimum absolute atomic E-state index is 0.288. The van der Waals surface area contributed by atoms with Crippen molar-refractivity contribution in [3.05, 3.63) is 12.7 Å². The van der Waals surface area contributed by atoms with E-state index in [0.29, 0.717) is 12.1 Å². The first-order valence-corrected chi connectivity index (χ1v) is 5.00. The predicted octanol–water partition coefficient (Wildman–Crippen LogP) is 1.97. The van der Waals surface area contributed by atoms with Crippen molar-refractivity contribution in [1.29, 1.82) is 0 Å². The molecule has 2 atom stereocenters. The first kappa shape index (κ1) is 10.7. The van der Waals surface area contributed by atoms with Crippen molar-refractivity contribution in [2.75, 3.05) is 13.7 Å². The number of methoxy groups -OCH3 is 1. The Labute approximate surface area is 81.4 Å². The number of hydrogen-bond donors (Lipinski definition) is 1. The van der Waals surface area contributed by atoms with Gasteiger partial charge in [-0.15, -0.1) is 6.58 Å². The van der Waals surface area contributed by atoms with Crippen LogP contribution in [0.4, 0.5) is 0 Å². The maximum atomic E-state index is 5.38. The lowest BCUT2D eigenvalue weighted by Crippen LogP contribution is -2.60. The van der Waals surface area contributed by atoms with Gasteiger partial charge in [0.25, 0.3) is 0 Å². The monoisotopic (exact) mass is 183 g/mol. The highest BCUT2D eigenvalue weighted by Crippen LogP contribution is 2.42. The highest BCUT2D eigenvalue weighted by atomic mass is 16.5. The summed E-state index contributed by atoms with van der Waals surface area (Å²) in [5.41, 5.74) is 0.288. The van der Waals surface area contributed by atoms with Crippen molar-refractivity contribution in [3.8, 4) is 0 Å². The molecule has 2 unspecified atom stereocenters. The zero-order chi connectivity index (χ0) is 9.90. The number of nitrogens with one attached hydrogen (secondary N) is 1. The maximum absolute atomic E-state index is 5.38. The quantitative estimate of drug-likeness (QED) is 0.519. The molecule has 1 N–H and O–H groups in total. The van der Waals surface area contributed by atoms with E-state index in [1.54, 1.807) is 7.11 Å². The van der Waals surface area contributed by atoms with Gasteiger partial charge in [-0.1, -0.05) is 19.9 Å². The van der Waals surface area contributed by atoms with E-state index in [4.69, 9.17) is 4.74 Å². The predicted molar refractivity (Wildman–Crippen MR) is 55.8 cm³/mol. The summed E-state index contributed by atoms with van der Waals surface area (Å²) in [4.78, 5) is 0. The fourth-order valence-electron chi connectivity index (χ4n) is 1.99. The van der Waals surface area contributed by atoms with Gasteiger partial charge in [-0.2, -0.15) is 0 Å². The number of rotatable bonds is 5. The average Bonchev–Trinajstić information content (AvgIpc) is 2.10. The second-order valence-corrected chi connectivity index (χ2v) is 4.37. The van der Waals surface area contributed by atoms with Crippen molar-refractivity contribution in [3.63, 3.8) is 0 Å². The smallest absolute Gasteiger partial charge is 0.0652 e. The molecule has 0 bridgehead atoms. The normalized spacial score (nSPS) is 31.0. The topological polar surface area (TPSA) is 21.3 Å². The molecule has 0 spiro atoms. The van der Waals surface area contributed by atoms with Crippen LogP contribution in [0.15, 0.2) is 12.7 Å². The van der Waals surface area contributed by atoms with Gasteiger partial charge in [-0.05, 0) is 19.4 Å². The molecular formula is C11H21NO. The van der Waals surface area contributed by atoms with Gasteiger partial charge in [0.2, 0.25) is 0 Å². The molecule has 0 saturated heterocycles. The molecule has 0 heterocycles. The zero-order valence-corrected chi connectivity index (χ0v) is 8.97. The lowest BCUT2D eigenvalue weighted by atomic mass is 9.64. The summed E-state index contributed by atoms with van der Waals surface area (Å²) in [6.07, 6.45) is 4.56. The van der Waals surface area contributed by atoms with Crippen LogP contribution in [0.25, 0.3) is 0 Å². The molecule has 0 aromatic carbocycles. The average molecular weight is 183 g/mol. The second-order valence-electron chi connectivity index (χ2n) is 4.37. The van der Waals surface area contributed by atoms with Gasteiger partial charge in [-0.25, -0.2) is 0 Å². The lowest BCUT2D eigenvalue weighted by Gasteiger charge is -2.51. The van der Waals surface area contributed by atoms with Crippen molar-refractivity contribution in [2.45, 2.75) is 38.8 Å². The van der Waals surface area contributed by atoms with Gasteiger partial charge in [0, 0.05) is 18.6 Å². The van der Waals surface area contributed by atoms with Gasteiger partial charge in [0.15, 0.2) is 0 Å². The van der Waals surface area contributed by atoms with Gasteiger partial charge >= 0.3 is 0 Å². The molecule has 0 aromatic rings. The minimum atomic E-state index is 0.288. The van der Waals surface area contributed by atoms with Gasteiger partial charge < -0.3 is 10.1 Å². The molecule has 0 aliphatic heterocycles. The summed E-state index contributed by atoms with van der Waals surface area (Å²) in [5, 5.41) is 3.52. The molecule has 0 aromatic heterocycles. The number of ether oxygens (including phenoxy) is 1. The molecule has 76 valence electrons. The minimum Gasteiger partial charge on any atom is -0.381 e. The van der Waals surface area contributed by atoms with Gasteiger partial charge in [0.1, 0.15) is 0 Å². The molecule has 1 aliphatic carbocycles. The van der Waals surface area contributed by atoms with E-state index in [-0.39, 0.29) is 5.41 Å². The van der Waals surface area contributed by atoms with Crippen LogP contribution >= 0.6 is 0 Å². The Morgan fingerprint density at radius 1 is 1.62 bits per heavy atom. The Balaban J connectivity index is 2.27. The molecule has 1 saturated carbocycles. The summed E-state index contributed by atoms with van der Waals surface area (Å²) >= 11 is 0. The molecule has 2 nitrogen and oxygen atoms in total. The second kappa shape index (κ2) is 4.25. The first-order chi connectivity index (χ1) is 6.12. The van der Waals surface area contributed by atoms with Gasteiger partial charge in [-0.3, -0.25) is 0 Å². The van der Waals surface area contributed by atoms with Crippen LogP contribution in [0, 0.1) is 5.41 Å². The van der Waals surface area contributed by atoms with E-state index in [0.717, 1.165) is 19.4 Å². The van der Waals surface area contributed by atoms with Crippen LogP contribution < -0.4 is 5.32 Å². The maximum Gasteiger partial charge on any atom is 0.0652 e. The highest BCUT2D eigenvalue weighted by Gasteiger charge is 2.47. The third-order valence-corrected chi connectivity index (χ3v) is 3.20. The summed E-state index contributed by atoms with van der Waals surface area (Å²) in [5.74, 6) is 0. The standard InChI is InChI=1S/C11H21NO/c1-5-6-7-12-9-8-10(13-4)11(9,2)3/h5,9-10,12H,1,6-8H2,2-4H3. The lowest BCUT2D eigenvalue weighted by molar-refractivity contribution is -0.0971. The Morgan fingerprint density at radius 2 is 2.31 bits per heavy atom. The highest BCUT2D eigenvalue weighted by molar-refractivity contribution is 5.02. The van der Waals surface area contributed by atoms with Crippen LogP contribution in [0.2, 0.25) is 0 Å². The van der Waals surface area contributed by atoms with Gasteiger partial charge in [0.05, 0.1) is 6.10 Å². The molecule has 2 heteroatoms. The summed E-state index contributed by atoms with van der Waals surface area (Å²) in [7, 11) is 1.80. The van der Waals surface area contributed by atoms with E-state index in [1.165, 1.54) is 0 Å². The molecule has 1 rings (SSSR count). The largest absolute Gasteiger partial charge is 0.381 e. The van der Waals surface area contributed by atoms with Crippen LogP contribution in [0.3, 0.4) is 0 Å². The van der Waals surface area contributed by atoms with Crippen LogP contribution in [0.1, 0.15) is 26.7 Å². The molecule has 13 heavy (non-hydrogen) atoms. The number of hydrogen-bond acceptors (Lipinski definition) is 2. The summed E-state index contributed by atoms with van der Waals surface area (Å²) in [6, 6.07) is 0.609. The Bertz CT molecular complexity index is 177. The molecule has 1 fully saturated rings. The molecule has 0 radical (unpaired) electrons. The summed E-state index contributed by atoms with van der Waals surface area (Å²) < 4.78 is 5.38. The van der Waals surface area contributed by atoms with Crippen LogP contribution in [-0.2, 0) is 4.74 Å². The van der Waals surface area contributed by atoms with E-state index < -0.39 is 0 Å². The molecular weight excluding hydrogens is 162 g/mol.